The minimum Gasteiger partial charge on any atom is -0.461 e. The molecule has 0 atom stereocenters. The summed E-state index contributed by atoms with van der Waals surface area (Å²) in [5.74, 6) is -1.45. The lowest BCUT2D eigenvalue weighted by molar-refractivity contribution is -0.134. The van der Waals surface area contributed by atoms with Crippen molar-refractivity contribution in [2.75, 3.05) is 12.0 Å². The summed E-state index contributed by atoms with van der Waals surface area (Å²) in [4.78, 5) is 11.2. The van der Waals surface area contributed by atoms with Crippen molar-refractivity contribution >= 4 is 33.4 Å². The molecule has 0 bridgehead atoms. The second kappa shape index (κ2) is 7.76. The number of hydrogen-bond donors (Lipinski definition) is 3. The van der Waals surface area contributed by atoms with Crippen molar-refractivity contribution in [3.8, 4) is 6.07 Å². The lowest BCUT2D eigenvalue weighted by Crippen LogP contribution is -2.24. The number of carbonyl (C=O) groups excluding carboxylic acids is 1. The number of carbonyl (C=O) groups is 1. The lowest BCUT2D eigenvalue weighted by Gasteiger charge is -2.03. The van der Waals surface area contributed by atoms with E-state index in [0.717, 1.165) is 0 Å². The average molecular weight is 338 g/mol. The lowest BCUT2D eigenvalue weighted by atomic mass is 10.3. The van der Waals surface area contributed by atoms with Crippen LogP contribution in [0.5, 0.6) is 0 Å². The zero-order valence-electron chi connectivity index (χ0n) is 12.1. The van der Waals surface area contributed by atoms with Crippen LogP contribution in [0.25, 0.3) is 0 Å². The van der Waals surface area contributed by atoms with Crippen LogP contribution in [0.15, 0.2) is 38.7 Å². The second-order valence-electron chi connectivity index (χ2n) is 3.92. The second-order valence-corrected chi connectivity index (χ2v) is 5.52. The fraction of sp³-hybridized carbons (Fsp3) is 0.167. The van der Waals surface area contributed by atoms with E-state index in [1.54, 1.807) is 13.0 Å². The fourth-order valence-electron chi connectivity index (χ4n) is 1.33. The largest absolute Gasteiger partial charge is 0.461 e. The Morgan fingerprint density at radius 3 is 2.43 bits per heavy atom. The monoisotopic (exact) mass is 338 g/mol. The van der Waals surface area contributed by atoms with Crippen molar-refractivity contribution in [3.05, 3.63) is 24.3 Å². The van der Waals surface area contributed by atoms with E-state index < -0.39 is 27.7 Å². The van der Waals surface area contributed by atoms with Gasteiger partial charge in [0.05, 0.1) is 17.2 Å². The number of hydrazone groups is 1. The van der Waals surface area contributed by atoms with Crippen LogP contribution in [0.2, 0.25) is 0 Å². The number of guanidine groups is 1. The zero-order valence-corrected chi connectivity index (χ0v) is 12.9. The molecule has 0 aliphatic heterocycles. The molecule has 0 amide bonds. The molecule has 0 aliphatic rings. The molecule has 0 unspecified atom stereocenters. The highest BCUT2D eigenvalue weighted by Gasteiger charge is 2.14. The summed E-state index contributed by atoms with van der Waals surface area (Å²) in [6, 6.07) is 6.77. The molecule has 5 N–H and O–H groups in total. The fourth-order valence-corrected chi connectivity index (χ4v) is 2.19. The van der Waals surface area contributed by atoms with Crippen LogP contribution >= 0.6 is 0 Å². The molecule has 1 aromatic carbocycles. The van der Waals surface area contributed by atoms with E-state index in [2.05, 4.69) is 19.7 Å². The van der Waals surface area contributed by atoms with Gasteiger partial charge in [-0.15, -0.1) is 4.40 Å². The van der Waals surface area contributed by atoms with E-state index in [0.29, 0.717) is 5.69 Å². The SMILES string of the molecule is CCOC(=O)C(C#N)=NNc1ccc(S(=O)(=O)N=C(N)N)cc1. The summed E-state index contributed by atoms with van der Waals surface area (Å²) in [6.07, 6.45) is 0. The first kappa shape index (κ1) is 17.9. The van der Waals surface area contributed by atoms with Crippen molar-refractivity contribution in [1.82, 2.24) is 0 Å². The molecule has 0 spiro atoms. The Balaban J connectivity index is 2.92. The van der Waals surface area contributed by atoms with Crippen LogP contribution in [-0.4, -0.2) is 32.7 Å². The summed E-state index contributed by atoms with van der Waals surface area (Å²) < 4.78 is 31.2. The highest BCUT2D eigenvalue weighted by molar-refractivity contribution is 7.90. The van der Waals surface area contributed by atoms with Gasteiger partial charge in [0.1, 0.15) is 6.07 Å². The predicted molar refractivity (Wildman–Crippen MR) is 82.7 cm³/mol. The predicted octanol–water partition coefficient (Wildman–Crippen LogP) is -0.497. The smallest absolute Gasteiger partial charge is 0.369 e. The molecule has 0 saturated carbocycles. The van der Waals surface area contributed by atoms with E-state index in [4.69, 9.17) is 16.7 Å². The summed E-state index contributed by atoms with van der Waals surface area (Å²) in [5.41, 5.74) is 12.4. The number of nitrogens with two attached hydrogens (primary N) is 2. The third-order valence-corrected chi connectivity index (χ3v) is 3.57. The first-order chi connectivity index (χ1) is 10.8. The van der Waals surface area contributed by atoms with Crippen molar-refractivity contribution in [2.24, 2.45) is 21.0 Å². The maximum atomic E-state index is 11.7. The van der Waals surface area contributed by atoms with Gasteiger partial charge in [-0.2, -0.15) is 18.8 Å². The third-order valence-electron chi connectivity index (χ3n) is 2.25. The number of anilines is 1. The number of nitrogens with one attached hydrogen (secondary N) is 1. The van der Waals surface area contributed by atoms with Gasteiger partial charge in [-0.1, -0.05) is 0 Å². The molecule has 0 heterocycles. The van der Waals surface area contributed by atoms with Gasteiger partial charge in [0.15, 0.2) is 0 Å². The highest BCUT2D eigenvalue weighted by atomic mass is 32.2. The molecule has 23 heavy (non-hydrogen) atoms. The number of sulfonamides is 1. The van der Waals surface area contributed by atoms with Crippen molar-refractivity contribution in [2.45, 2.75) is 11.8 Å². The third kappa shape index (κ3) is 5.29. The Morgan fingerprint density at radius 2 is 1.96 bits per heavy atom. The van der Waals surface area contributed by atoms with Crippen LogP contribution in [0.1, 0.15) is 6.92 Å². The average Bonchev–Trinajstić information content (AvgIpc) is 2.47. The maximum Gasteiger partial charge on any atom is 0.369 e. The topological polar surface area (TPSA) is 173 Å². The minimum absolute atomic E-state index is 0.108. The summed E-state index contributed by atoms with van der Waals surface area (Å²) in [6.45, 7) is 1.70. The molecule has 0 radical (unpaired) electrons. The van der Waals surface area contributed by atoms with Gasteiger partial charge in [-0.3, -0.25) is 5.43 Å². The minimum atomic E-state index is -3.99. The molecule has 1 aromatic rings. The Hall–Kier alpha value is -3.13. The van der Waals surface area contributed by atoms with Crippen LogP contribution in [-0.2, 0) is 19.6 Å². The van der Waals surface area contributed by atoms with Crippen LogP contribution in [0, 0.1) is 11.3 Å². The van der Waals surface area contributed by atoms with Gasteiger partial charge in [0, 0.05) is 0 Å². The number of benzene rings is 1. The molecule has 1 rings (SSSR count). The van der Waals surface area contributed by atoms with Crippen molar-refractivity contribution < 1.29 is 17.9 Å². The number of esters is 1. The molecular weight excluding hydrogens is 324 g/mol. The van der Waals surface area contributed by atoms with Gasteiger partial charge in [-0.05, 0) is 31.2 Å². The Bertz CT molecular complexity index is 773. The molecule has 0 saturated heterocycles. The quantitative estimate of drug-likeness (QED) is 0.269. The van der Waals surface area contributed by atoms with Gasteiger partial charge in [-0.25, -0.2) is 4.79 Å². The number of nitriles is 1. The molecule has 11 heteroatoms. The number of nitrogens with zero attached hydrogens (tertiary/aromatic N) is 3. The summed E-state index contributed by atoms with van der Waals surface area (Å²) in [5, 5.41) is 12.4. The van der Waals surface area contributed by atoms with Gasteiger partial charge in [0.25, 0.3) is 10.0 Å². The van der Waals surface area contributed by atoms with E-state index in [9.17, 15) is 13.2 Å². The van der Waals surface area contributed by atoms with Gasteiger partial charge < -0.3 is 16.2 Å². The molecule has 10 nitrogen and oxygen atoms in total. The Labute approximate surface area is 132 Å². The number of ether oxygens (including phenoxy) is 1. The van der Waals surface area contributed by atoms with Crippen molar-refractivity contribution in [3.63, 3.8) is 0 Å². The maximum absolute atomic E-state index is 11.7. The summed E-state index contributed by atoms with van der Waals surface area (Å²) >= 11 is 0. The van der Waals surface area contributed by atoms with Crippen LogP contribution in [0.4, 0.5) is 5.69 Å². The highest BCUT2D eigenvalue weighted by Crippen LogP contribution is 2.16. The molecular formula is C12H14N6O4S. The molecule has 122 valence electrons. The van der Waals surface area contributed by atoms with Gasteiger partial charge in [0.2, 0.25) is 11.7 Å². The molecule has 0 aliphatic carbocycles. The number of rotatable bonds is 6. The standard InChI is InChI=1S/C12H14N6O4S/c1-2-22-11(19)10(7-13)17-16-8-3-5-9(6-4-8)23(20,21)18-12(14)15/h3-6,16H,2H2,1H3,(H4,14,15,18). The van der Waals surface area contributed by atoms with Crippen LogP contribution in [0.3, 0.4) is 0 Å². The van der Waals surface area contributed by atoms with E-state index >= 15 is 0 Å². The number of hydrogen-bond acceptors (Lipinski definition) is 7. The molecule has 0 aromatic heterocycles. The van der Waals surface area contributed by atoms with Gasteiger partial charge >= 0.3 is 5.97 Å². The molecule has 0 fully saturated rings. The first-order valence-electron chi connectivity index (χ1n) is 6.17. The van der Waals surface area contributed by atoms with Crippen LogP contribution < -0.4 is 16.9 Å². The van der Waals surface area contributed by atoms with E-state index in [1.165, 1.54) is 24.3 Å². The summed E-state index contributed by atoms with van der Waals surface area (Å²) in [7, 11) is -3.99. The normalized spacial score (nSPS) is 11.2. The van der Waals surface area contributed by atoms with Crippen molar-refractivity contribution in [1.29, 1.82) is 5.26 Å². The first-order valence-corrected chi connectivity index (χ1v) is 7.61. The van der Waals surface area contributed by atoms with E-state index in [1.807, 2.05) is 0 Å². The van der Waals surface area contributed by atoms with E-state index in [-0.39, 0.29) is 11.5 Å². The Morgan fingerprint density at radius 1 is 1.35 bits per heavy atom. The Kier molecular flexibility index (Phi) is 6.04. The zero-order chi connectivity index (χ0) is 17.5.